The van der Waals surface area contributed by atoms with Crippen molar-refractivity contribution in [2.24, 2.45) is 17.6 Å². The third-order valence-corrected chi connectivity index (χ3v) is 6.38. The van der Waals surface area contributed by atoms with Gasteiger partial charge < -0.3 is 11.1 Å². The zero-order valence-electron chi connectivity index (χ0n) is 16.1. The first kappa shape index (κ1) is 18.2. The van der Waals surface area contributed by atoms with Crippen LogP contribution in [0.25, 0.3) is 0 Å². The molecule has 144 valence electrons. The Morgan fingerprint density at radius 1 is 1.22 bits per heavy atom. The second-order valence-electron chi connectivity index (χ2n) is 8.18. The van der Waals surface area contributed by atoms with E-state index in [1.54, 1.807) is 6.20 Å². The Labute approximate surface area is 161 Å². The van der Waals surface area contributed by atoms with Crippen LogP contribution in [0.5, 0.6) is 0 Å². The highest BCUT2D eigenvalue weighted by molar-refractivity contribution is 5.95. The van der Waals surface area contributed by atoms with E-state index in [2.05, 4.69) is 29.5 Å². The number of nitrogens with one attached hydrogen (secondary N) is 1. The molecular weight excluding hydrogens is 336 g/mol. The summed E-state index contributed by atoms with van der Waals surface area (Å²) in [5.74, 6) is 1.09. The molecule has 2 saturated carbocycles. The maximum absolute atomic E-state index is 13.1. The first-order valence-corrected chi connectivity index (χ1v) is 10.3. The number of fused-ring (bicyclic) bond motifs is 2. The molecule has 1 aromatic heterocycles. The molecule has 2 aliphatic carbocycles. The van der Waals surface area contributed by atoms with Gasteiger partial charge in [0.1, 0.15) is 0 Å². The largest absolute Gasteiger partial charge is 0.349 e. The van der Waals surface area contributed by atoms with Crippen molar-refractivity contribution < 1.29 is 4.79 Å². The highest BCUT2D eigenvalue weighted by Gasteiger charge is 2.40. The molecule has 4 rings (SSSR count). The molecule has 1 aromatic carbocycles. The Balaban J connectivity index is 1.50. The maximum Gasteiger partial charge on any atom is 0.254 e. The van der Waals surface area contributed by atoms with Crippen molar-refractivity contribution in [3.05, 3.63) is 53.3 Å². The van der Waals surface area contributed by atoms with Crippen molar-refractivity contribution >= 4 is 5.91 Å². The van der Waals surface area contributed by atoms with Gasteiger partial charge in [0.2, 0.25) is 0 Å². The van der Waals surface area contributed by atoms with Crippen molar-refractivity contribution in [1.29, 1.82) is 0 Å². The van der Waals surface area contributed by atoms with E-state index >= 15 is 0 Å². The normalized spacial score (nSPS) is 27.3. The number of hydrogen-bond donors (Lipinski definition) is 2. The molecule has 5 heteroatoms. The number of hydrogen-bond acceptors (Lipinski definition) is 3. The molecule has 0 aliphatic heterocycles. The number of aromatic nitrogens is 2. The lowest BCUT2D eigenvalue weighted by atomic mass is 9.67. The van der Waals surface area contributed by atoms with E-state index in [9.17, 15) is 4.79 Å². The van der Waals surface area contributed by atoms with Crippen LogP contribution >= 0.6 is 0 Å². The van der Waals surface area contributed by atoms with E-state index in [0.717, 1.165) is 30.5 Å². The van der Waals surface area contributed by atoms with Crippen molar-refractivity contribution in [1.82, 2.24) is 15.1 Å². The third-order valence-electron chi connectivity index (χ3n) is 6.38. The molecule has 2 bridgehead atoms. The zero-order chi connectivity index (χ0) is 18.8. The summed E-state index contributed by atoms with van der Waals surface area (Å²) in [4.78, 5) is 13.1. The maximum atomic E-state index is 13.1. The highest BCUT2D eigenvalue weighted by atomic mass is 16.1. The zero-order valence-corrected chi connectivity index (χ0v) is 16.1. The van der Waals surface area contributed by atoms with E-state index in [1.165, 1.54) is 24.8 Å². The molecule has 0 radical (unpaired) electrons. The van der Waals surface area contributed by atoms with Crippen LogP contribution in [0.3, 0.4) is 0 Å². The quantitative estimate of drug-likeness (QED) is 0.854. The van der Waals surface area contributed by atoms with Crippen LogP contribution in [-0.4, -0.2) is 27.8 Å². The molecule has 1 amide bonds. The van der Waals surface area contributed by atoms with Gasteiger partial charge in [-0.25, -0.2) is 0 Å². The van der Waals surface area contributed by atoms with Gasteiger partial charge >= 0.3 is 0 Å². The minimum absolute atomic E-state index is 0.0310. The number of rotatable bonds is 5. The van der Waals surface area contributed by atoms with Gasteiger partial charge in [-0.15, -0.1) is 0 Å². The predicted molar refractivity (Wildman–Crippen MR) is 106 cm³/mol. The van der Waals surface area contributed by atoms with Crippen LogP contribution < -0.4 is 11.1 Å². The summed E-state index contributed by atoms with van der Waals surface area (Å²) in [6, 6.07) is 10.8. The van der Waals surface area contributed by atoms with Gasteiger partial charge in [0.15, 0.2) is 0 Å². The smallest absolute Gasteiger partial charge is 0.254 e. The monoisotopic (exact) mass is 366 g/mol. The Hall–Kier alpha value is -2.14. The van der Waals surface area contributed by atoms with E-state index in [0.29, 0.717) is 24.4 Å². The third kappa shape index (κ3) is 3.79. The molecule has 2 fully saturated rings. The first-order valence-electron chi connectivity index (χ1n) is 10.3. The lowest BCUT2D eigenvalue weighted by Crippen LogP contribution is -2.53. The number of carbonyl (C=O) groups is 1. The molecule has 5 nitrogen and oxygen atoms in total. The number of carbonyl (C=O) groups excluding carboxylic acids is 1. The van der Waals surface area contributed by atoms with E-state index in [1.807, 2.05) is 22.9 Å². The van der Waals surface area contributed by atoms with Crippen molar-refractivity contribution in [3.63, 3.8) is 0 Å². The molecule has 0 saturated heterocycles. The van der Waals surface area contributed by atoms with Crippen molar-refractivity contribution in [2.45, 2.75) is 64.1 Å². The number of nitrogens with two attached hydrogens (primary N) is 1. The molecule has 3 N–H and O–H groups in total. The highest BCUT2D eigenvalue weighted by Crippen LogP contribution is 2.39. The lowest BCUT2D eigenvalue weighted by molar-refractivity contribution is 0.0755. The Morgan fingerprint density at radius 2 is 1.93 bits per heavy atom. The molecule has 2 aromatic rings. The summed E-state index contributed by atoms with van der Waals surface area (Å²) >= 11 is 0. The van der Waals surface area contributed by atoms with Gasteiger partial charge in [0.25, 0.3) is 5.91 Å². The predicted octanol–water partition coefficient (Wildman–Crippen LogP) is 3.13. The second-order valence-corrected chi connectivity index (χ2v) is 8.18. The Kier molecular flexibility index (Phi) is 5.30. The number of nitrogens with zero attached hydrogens (tertiary/aromatic N) is 2. The number of benzene rings is 1. The van der Waals surface area contributed by atoms with E-state index < -0.39 is 0 Å². The fourth-order valence-corrected chi connectivity index (χ4v) is 5.12. The van der Waals surface area contributed by atoms with E-state index in [4.69, 9.17) is 5.73 Å². The summed E-state index contributed by atoms with van der Waals surface area (Å²) < 4.78 is 1.96. The fourth-order valence-electron chi connectivity index (χ4n) is 5.12. The van der Waals surface area contributed by atoms with Crippen LogP contribution in [0.2, 0.25) is 0 Å². The summed E-state index contributed by atoms with van der Waals surface area (Å²) in [6.07, 6.45) is 8.24. The second kappa shape index (κ2) is 7.85. The topological polar surface area (TPSA) is 72.9 Å². The van der Waals surface area contributed by atoms with Gasteiger partial charge in [-0.05, 0) is 49.5 Å². The van der Waals surface area contributed by atoms with Gasteiger partial charge in [-0.3, -0.25) is 9.48 Å². The molecule has 2 aliphatic rings. The lowest BCUT2D eigenvalue weighted by Gasteiger charge is -2.45. The number of amides is 1. The van der Waals surface area contributed by atoms with E-state index in [-0.39, 0.29) is 11.9 Å². The van der Waals surface area contributed by atoms with Crippen LogP contribution in [-0.2, 0) is 13.0 Å². The summed E-state index contributed by atoms with van der Waals surface area (Å²) in [5, 5.41) is 7.88. The van der Waals surface area contributed by atoms with Crippen LogP contribution in [0.15, 0.2) is 36.5 Å². The first-order chi connectivity index (χ1) is 13.2. The average molecular weight is 367 g/mol. The molecule has 2 atom stereocenters. The minimum Gasteiger partial charge on any atom is -0.349 e. The fraction of sp³-hybridized carbons (Fsp3) is 0.545. The van der Waals surface area contributed by atoms with Gasteiger partial charge in [0, 0.05) is 12.1 Å². The molecule has 1 heterocycles. The summed E-state index contributed by atoms with van der Waals surface area (Å²) in [5.41, 5.74) is 9.15. The van der Waals surface area contributed by atoms with Gasteiger partial charge in [0.05, 0.1) is 24.0 Å². The van der Waals surface area contributed by atoms with Crippen LogP contribution in [0.1, 0.15) is 60.6 Å². The van der Waals surface area contributed by atoms with Gasteiger partial charge in [-0.2, -0.15) is 5.10 Å². The Morgan fingerprint density at radius 3 is 2.59 bits per heavy atom. The van der Waals surface area contributed by atoms with Crippen LogP contribution in [0, 0.1) is 11.8 Å². The molecular formula is C22H30N4O. The summed E-state index contributed by atoms with van der Waals surface area (Å²) in [6.45, 7) is 2.78. The van der Waals surface area contributed by atoms with Crippen LogP contribution in [0.4, 0.5) is 0 Å². The Bertz CT molecular complexity index is 771. The molecule has 2 unspecified atom stereocenters. The van der Waals surface area contributed by atoms with Gasteiger partial charge in [-0.1, -0.05) is 43.7 Å². The minimum atomic E-state index is 0.0310. The SMILES string of the molecule is CCc1c(C(=O)NC2C3CCCC2CC(N)C3)cnn1Cc1ccccc1. The molecule has 0 spiro atoms. The average Bonchev–Trinajstić information content (AvgIpc) is 3.06. The standard InChI is InChI=1S/C22H30N4O/c1-2-20-19(13-24-26(20)14-15-7-4-3-5-8-15)22(27)25-21-16-9-6-10-17(21)12-18(23)11-16/h3-5,7-8,13,16-18,21H,2,6,9-12,14,23H2,1H3,(H,25,27). The van der Waals surface area contributed by atoms with Crippen molar-refractivity contribution in [3.8, 4) is 0 Å². The molecule has 27 heavy (non-hydrogen) atoms. The summed E-state index contributed by atoms with van der Waals surface area (Å²) in [7, 11) is 0. The van der Waals surface area contributed by atoms with Crippen molar-refractivity contribution in [2.75, 3.05) is 0 Å².